The SMILES string of the molecule is CCOc1ccc(Cc2cc([C@]3(OCC#CCO)O[C@H](CO)[C@@H](O)[C@H](O)[C@H]3O)ccc2Cl)cc1. The van der Waals surface area contributed by atoms with Gasteiger partial charge in [-0.05, 0) is 48.7 Å². The number of aliphatic hydroxyl groups is 5. The second-order valence-corrected chi connectivity index (χ2v) is 8.20. The zero-order chi connectivity index (χ0) is 24.7. The summed E-state index contributed by atoms with van der Waals surface area (Å²) in [6.45, 7) is 1.22. The van der Waals surface area contributed by atoms with Crippen molar-refractivity contribution in [3.05, 3.63) is 64.2 Å². The largest absolute Gasteiger partial charge is 0.494 e. The Kier molecular flexibility index (Phi) is 9.31. The second kappa shape index (κ2) is 12.0. The normalized spacial score (nSPS) is 26.6. The van der Waals surface area contributed by atoms with E-state index in [9.17, 15) is 20.4 Å². The van der Waals surface area contributed by atoms with E-state index < -0.39 is 36.8 Å². The Labute approximate surface area is 203 Å². The summed E-state index contributed by atoms with van der Waals surface area (Å²) in [4.78, 5) is 0. The minimum atomic E-state index is -1.95. The summed E-state index contributed by atoms with van der Waals surface area (Å²) in [5.41, 5.74) is 1.98. The molecule has 8 nitrogen and oxygen atoms in total. The minimum Gasteiger partial charge on any atom is -0.494 e. The highest BCUT2D eigenvalue weighted by atomic mass is 35.5. The van der Waals surface area contributed by atoms with Crippen molar-refractivity contribution in [1.82, 2.24) is 0 Å². The van der Waals surface area contributed by atoms with Gasteiger partial charge in [-0.15, -0.1) is 0 Å². The number of ether oxygens (including phenoxy) is 3. The highest BCUT2D eigenvalue weighted by Crippen LogP contribution is 2.41. The molecule has 2 aromatic carbocycles. The molecular formula is C25H29ClO8. The Bertz CT molecular complexity index is 1000. The molecule has 2 aromatic rings. The van der Waals surface area contributed by atoms with Crippen molar-refractivity contribution in [2.24, 2.45) is 0 Å². The monoisotopic (exact) mass is 492 g/mol. The maximum Gasteiger partial charge on any atom is 0.225 e. The molecule has 5 N–H and O–H groups in total. The van der Waals surface area contributed by atoms with Gasteiger partial charge in [0.25, 0.3) is 0 Å². The van der Waals surface area contributed by atoms with Gasteiger partial charge in [-0.1, -0.05) is 41.6 Å². The molecule has 1 heterocycles. The zero-order valence-corrected chi connectivity index (χ0v) is 19.5. The van der Waals surface area contributed by atoms with E-state index in [0.29, 0.717) is 29.2 Å². The molecule has 1 saturated heterocycles. The highest BCUT2D eigenvalue weighted by molar-refractivity contribution is 6.31. The van der Waals surface area contributed by atoms with Crippen LogP contribution in [-0.2, 0) is 21.7 Å². The van der Waals surface area contributed by atoms with Crippen LogP contribution in [0.5, 0.6) is 5.75 Å². The van der Waals surface area contributed by atoms with Crippen molar-refractivity contribution < 1.29 is 39.7 Å². The first-order valence-electron chi connectivity index (χ1n) is 10.9. The number of hydrogen-bond donors (Lipinski definition) is 5. The molecule has 0 bridgehead atoms. The Balaban J connectivity index is 1.99. The van der Waals surface area contributed by atoms with E-state index in [1.54, 1.807) is 18.2 Å². The predicted molar refractivity (Wildman–Crippen MR) is 124 cm³/mol. The Morgan fingerprint density at radius 2 is 1.76 bits per heavy atom. The average Bonchev–Trinajstić information content (AvgIpc) is 2.84. The fourth-order valence-electron chi connectivity index (χ4n) is 3.85. The van der Waals surface area contributed by atoms with Crippen molar-refractivity contribution in [3.63, 3.8) is 0 Å². The van der Waals surface area contributed by atoms with Gasteiger partial charge in [-0.2, -0.15) is 0 Å². The molecule has 1 aliphatic heterocycles. The summed E-state index contributed by atoms with van der Waals surface area (Å²) in [5, 5.41) is 50.7. The van der Waals surface area contributed by atoms with E-state index in [1.807, 2.05) is 31.2 Å². The molecule has 34 heavy (non-hydrogen) atoms. The highest BCUT2D eigenvalue weighted by Gasteiger charge is 2.55. The topological polar surface area (TPSA) is 129 Å². The number of halogens is 1. The molecule has 0 aromatic heterocycles. The average molecular weight is 493 g/mol. The second-order valence-electron chi connectivity index (χ2n) is 7.79. The van der Waals surface area contributed by atoms with Crippen molar-refractivity contribution in [3.8, 4) is 17.6 Å². The van der Waals surface area contributed by atoms with Gasteiger partial charge in [0.1, 0.15) is 43.4 Å². The molecule has 1 aliphatic rings. The lowest BCUT2D eigenvalue weighted by Gasteiger charge is -2.48. The van der Waals surface area contributed by atoms with Crippen LogP contribution in [0.15, 0.2) is 42.5 Å². The molecule has 3 rings (SSSR count). The number of hydrogen-bond acceptors (Lipinski definition) is 8. The summed E-state index contributed by atoms with van der Waals surface area (Å²) in [7, 11) is 0. The van der Waals surface area contributed by atoms with E-state index in [2.05, 4.69) is 11.8 Å². The maximum absolute atomic E-state index is 10.9. The Morgan fingerprint density at radius 1 is 1.03 bits per heavy atom. The van der Waals surface area contributed by atoms with Gasteiger partial charge in [-0.3, -0.25) is 0 Å². The summed E-state index contributed by atoms with van der Waals surface area (Å²) in [5.74, 6) is 3.82. The molecule has 5 atom stereocenters. The fraction of sp³-hybridized carbons (Fsp3) is 0.440. The van der Waals surface area contributed by atoms with Crippen LogP contribution in [-0.4, -0.2) is 76.4 Å². The van der Waals surface area contributed by atoms with Gasteiger partial charge in [0, 0.05) is 10.6 Å². The summed E-state index contributed by atoms with van der Waals surface area (Å²) < 4.78 is 17.1. The van der Waals surface area contributed by atoms with E-state index >= 15 is 0 Å². The number of rotatable bonds is 8. The lowest BCUT2D eigenvalue weighted by atomic mass is 9.87. The third-order valence-corrected chi connectivity index (χ3v) is 5.96. The first-order chi connectivity index (χ1) is 16.4. The van der Waals surface area contributed by atoms with Crippen molar-refractivity contribution in [2.45, 2.75) is 43.5 Å². The van der Waals surface area contributed by atoms with E-state index in [0.717, 1.165) is 11.3 Å². The molecular weight excluding hydrogens is 464 g/mol. The third kappa shape index (κ3) is 5.71. The van der Waals surface area contributed by atoms with E-state index in [1.165, 1.54) is 0 Å². The lowest BCUT2D eigenvalue weighted by Crippen LogP contribution is -2.64. The van der Waals surface area contributed by atoms with Crippen molar-refractivity contribution in [1.29, 1.82) is 0 Å². The molecule has 0 amide bonds. The molecule has 1 fully saturated rings. The number of aliphatic hydroxyl groups excluding tert-OH is 5. The van der Waals surface area contributed by atoms with Crippen LogP contribution >= 0.6 is 11.6 Å². The third-order valence-electron chi connectivity index (χ3n) is 5.59. The first kappa shape index (κ1) is 26.4. The van der Waals surface area contributed by atoms with Crippen LogP contribution in [0, 0.1) is 11.8 Å². The molecule has 0 aliphatic carbocycles. The number of benzene rings is 2. The molecule has 9 heteroatoms. The van der Waals surface area contributed by atoms with Gasteiger partial charge in [0.05, 0.1) is 13.2 Å². The van der Waals surface area contributed by atoms with Crippen LogP contribution in [0.2, 0.25) is 5.02 Å². The molecule has 0 saturated carbocycles. The van der Waals surface area contributed by atoms with Crippen LogP contribution < -0.4 is 4.74 Å². The van der Waals surface area contributed by atoms with Crippen LogP contribution in [0.3, 0.4) is 0 Å². The summed E-state index contributed by atoms with van der Waals surface area (Å²) >= 11 is 6.45. The van der Waals surface area contributed by atoms with Crippen LogP contribution in [0.25, 0.3) is 0 Å². The summed E-state index contributed by atoms with van der Waals surface area (Å²) in [6, 6.07) is 12.4. The Morgan fingerprint density at radius 3 is 2.41 bits per heavy atom. The van der Waals surface area contributed by atoms with E-state index in [-0.39, 0.29) is 13.2 Å². The van der Waals surface area contributed by atoms with Gasteiger partial charge in [0.2, 0.25) is 5.79 Å². The standard InChI is InChI=1S/C25H29ClO8/c1-2-32-19-8-5-16(6-9-19)13-17-14-18(7-10-20(17)26)25(33-12-4-3-11-27)24(31)23(30)22(29)21(15-28)34-25/h5-10,14,21-24,27-31H,2,11-13,15H2,1H3/t21-,22-,23+,24-,25+/m1/s1. The zero-order valence-electron chi connectivity index (χ0n) is 18.7. The predicted octanol–water partition coefficient (Wildman–Crippen LogP) is 0.968. The molecule has 0 unspecified atom stereocenters. The minimum absolute atomic E-state index is 0.255. The fourth-order valence-corrected chi connectivity index (χ4v) is 4.03. The molecule has 184 valence electrons. The van der Waals surface area contributed by atoms with E-state index in [4.69, 9.17) is 30.9 Å². The van der Waals surface area contributed by atoms with Crippen LogP contribution in [0.1, 0.15) is 23.6 Å². The van der Waals surface area contributed by atoms with Crippen molar-refractivity contribution in [2.75, 3.05) is 26.4 Å². The quantitative estimate of drug-likeness (QED) is 0.345. The van der Waals surface area contributed by atoms with Gasteiger partial charge < -0.3 is 39.7 Å². The Hall–Kier alpha value is -2.19. The summed E-state index contributed by atoms with van der Waals surface area (Å²) in [6.07, 6.45) is -5.68. The van der Waals surface area contributed by atoms with Crippen LogP contribution in [0.4, 0.5) is 0 Å². The molecule has 0 radical (unpaired) electrons. The van der Waals surface area contributed by atoms with Gasteiger partial charge in [0.15, 0.2) is 0 Å². The smallest absolute Gasteiger partial charge is 0.225 e. The lowest BCUT2D eigenvalue weighted by molar-refractivity contribution is -0.370. The maximum atomic E-state index is 10.9. The van der Waals surface area contributed by atoms with Gasteiger partial charge >= 0.3 is 0 Å². The van der Waals surface area contributed by atoms with Crippen molar-refractivity contribution >= 4 is 11.6 Å². The van der Waals surface area contributed by atoms with Gasteiger partial charge in [-0.25, -0.2) is 0 Å². The first-order valence-corrected chi connectivity index (χ1v) is 11.3. The molecule has 0 spiro atoms.